The summed E-state index contributed by atoms with van der Waals surface area (Å²) in [7, 11) is 0. The average molecular weight is 270 g/mol. The number of nitrogens with zero attached hydrogens (tertiary/aromatic N) is 1. The van der Waals surface area contributed by atoms with E-state index >= 15 is 0 Å². The smallest absolute Gasteiger partial charge is 0.132 e. The molecule has 0 saturated heterocycles. The lowest BCUT2D eigenvalue weighted by atomic mass is 10.2. The Morgan fingerprint density at radius 2 is 2.29 bits per heavy atom. The van der Waals surface area contributed by atoms with Crippen molar-refractivity contribution in [2.75, 3.05) is 10.5 Å². The molecule has 2 rings (SSSR count). The van der Waals surface area contributed by atoms with Gasteiger partial charge in [-0.2, -0.15) is 5.10 Å². The molecule has 0 aliphatic carbocycles. The number of rotatable bonds is 6. The monoisotopic (exact) mass is 269 g/mol. The van der Waals surface area contributed by atoms with Crippen molar-refractivity contribution in [3.8, 4) is 0 Å². The van der Waals surface area contributed by atoms with Gasteiger partial charge in [0, 0.05) is 16.8 Å². The number of aromatic nitrogens is 2. The van der Waals surface area contributed by atoms with Crippen LogP contribution in [-0.2, 0) is 0 Å². The predicted molar refractivity (Wildman–Crippen MR) is 76.7 cm³/mol. The molecule has 92 valence electrons. The Balaban J connectivity index is 1.92. The number of aromatic amines is 1. The number of hydrogen-bond donors (Lipinski definition) is 2. The van der Waals surface area contributed by atoms with Gasteiger partial charge in [-0.15, -0.1) is 0 Å². The highest BCUT2D eigenvalue weighted by Crippen LogP contribution is 2.25. The lowest BCUT2D eigenvalue weighted by Crippen LogP contribution is -1.89. The Morgan fingerprint density at radius 3 is 3.12 bits per heavy atom. The Bertz CT molecular complexity index is 484. The molecule has 1 aromatic carbocycles. The van der Waals surface area contributed by atoms with Gasteiger partial charge in [0.1, 0.15) is 5.15 Å². The van der Waals surface area contributed by atoms with Gasteiger partial charge in [0.15, 0.2) is 0 Å². The summed E-state index contributed by atoms with van der Waals surface area (Å²) in [5.74, 6) is 1.13. The van der Waals surface area contributed by atoms with Gasteiger partial charge in [-0.1, -0.05) is 43.3 Å². The van der Waals surface area contributed by atoms with Gasteiger partial charge in [-0.3, -0.25) is 5.10 Å². The third-order valence-corrected chi connectivity index (χ3v) is 3.71. The van der Waals surface area contributed by atoms with Crippen molar-refractivity contribution >= 4 is 40.1 Å². The van der Waals surface area contributed by atoms with E-state index in [0.29, 0.717) is 5.15 Å². The average Bonchev–Trinajstić information content (AvgIpc) is 2.71. The molecule has 0 aliphatic rings. The van der Waals surface area contributed by atoms with Crippen LogP contribution in [0, 0.1) is 0 Å². The molecule has 0 aliphatic heterocycles. The molecular weight excluding hydrogens is 254 g/mol. The lowest BCUT2D eigenvalue weighted by molar-refractivity contribution is 0.779. The topological polar surface area (TPSA) is 40.7 Å². The Hall–Kier alpha value is -0.870. The van der Waals surface area contributed by atoms with Crippen LogP contribution in [0.4, 0.5) is 5.69 Å². The minimum Gasteiger partial charge on any atom is -0.330 e. The number of nitrogens with one attached hydrogen (secondary N) is 2. The van der Waals surface area contributed by atoms with Crippen LogP contribution in [0.1, 0.15) is 26.2 Å². The number of hydrogen-bond acceptors (Lipinski definition) is 3. The molecule has 0 fully saturated rings. The number of fused-ring (bicyclic) bond motifs is 1. The lowest BCUT2D eigenvalue weighted by Gasteiger charge is -2.04. The van der Waals surface area contributed by atoms with E-state index in [1.165, 1.54) is 19.3 Å². The normalized spacial score (nSPS) is 10.9. The third-order valence-electron chi connectivity index (χ3n) is 2.55. The summed E-state index contributed by atoms with van der Waals surface area (Å²) in [5, 5.41) is 8.42. The molecule has 1 heterocycles. The summed E-state index contributed by atoms with van der Waals surface area (Å²) in [6.07, 6.45) is 3.81. The van der Waals surface area contributed by atoms with Gasteiger partial charge >= 0.3 is 0 Å². The molecule has 0 unspecified atom stereocenters. The summed E-state index contributed by atoms with van der Waals surface area (Å²) >= 11 is 7.73. The van der Waals surface area contributed by atoms with E-state index in [1.54, 1.807) is 11.9 Å². The zero-order valence-electron chi connectivity index (χ0n) is 9.79. The Morgan fingerprint density at radius 1 is 1.41 bits per heavy atom. The van der Waals surface area contributed by atoms with Crippen LogP contribution in [0.25, 0.3) is 10.9 Å². The second-order valence-corrected chi connectivity index (χ2v) is 5.21. The van der Waals surface area contributed by atoms with Crippen molar-refractivity contribution in [3.05, 3.63) is 23.4 Å². The van der Waals surface area contributed by atoms with Gasteiger partial charge < -0.3 is 4.72 Å². The highest BCUT2D eigenvalue weighted by molar-refractivity contribution is 8.00. The predicted octanol–water partition coefficient (Wildman–Crippen LogP) is 4.47. The van der Waals surface area contributed by atoms with Gasteiger partial charge in [0.2, 0.25) is 0 Å². The van der Waals surface area contributed by atoms with Crippen molar-refractivity contribution < 1.29 is 0 Å². The van der Waals surface area contributed by atoms with Crippen molar-refractivity contribution in [1.82, 2.24) is 10.2 Å². The molecule has 0 saturated carbocycles. The standard InChI is InChI=1S/C12H16ClN3S/c1-2-3-4-7-17-16-9-5-6-11-10(8-9)12(13)15-14-11/h5-6,8,16H,2-4,7H2,1H3,(H,14,15). The molecular formula is C12H16ClN3S. The first-order chi connectivity index (χ1) is 8.31. The van der Waals surface area contributed by atoms with Gasteiger partial charge in [0.05, 0.1) is 5.52 Å². The summed E-state index contributed by atoms with van der Waals surface area (Å²) in [6.45, 7) is 2.22. The molecule has 0 bridgehead atoms. The molecule has 17 heavy (non-hydrogen) atoms. The zero-order chi connectivity index (χ0) is 12.1. The van der Waals surface area contributed by atoms with Crippen LogP contribution >= 0.6 is 23.5 Å². The molecule has 2 aromatic rings. The molecule has 0 amide bonds. The van der Waals surface area contributed by atoms with Crippen molar-refractivity contribution in [1.29, 1.82) is 0 Å². The van der Waals surface area contributed by atoms with E-state index in [4.69, 9.17) is 11.6 Å². The van der Waals surface area contributed by atoms with E-state index < -0.39 is 0 Å². The highest BCUT2D eigenvalue weighted by Gasteiger charge is 2.03. The number of anilines is 1. The number of benzene rings is 1. The van der Waals surface area contributed by atoms with Crippen LogP contribution < -0.4 is 4.72 Å². The van der Waals surface area contributed by atoms with Crippen LogP contribution in [0.3, 0.4) is 0 Å². The summed E-state index contributed by atoms with van der Waals surface area (Å²) in [4.78, 5) is 0. The third kappa shape index (κ3) is 3.30. The van der Waals surface area contributed by atoms with E-state index in [-0.39, 0.29) is 0 Å². The van der Waals surface area contributed by atoms with Crippen LogP contribution in [0.15, 0.2) is 18.2 Å². The number of H-pyrrole nitrogens is 1. The van der Waals surface area contributed by atoms with Gasteiger partial charge in [-0.25, -0.2) is 0 Å². The molecule has 0 spiro atoms. The highest BCUT2D eigenvalue weighted by atomic mass is 35.5. The van der Waals surface area contributed by atoms with Crippen molar-refractivity contribution in [2.24, 2.45) is 0 Å². The summed E-state index contributed by atoms with van der Waals surface area (Å²) in [6, 6.07) is 6.01. The minimum absolute atomic E-state index is 0.597. The Kier molecular flexibility index (Phi) is 4.57. The van der Waals surface area contributed by atoms with E-state index in [9.17, 15) is 0 Å². The first-order valence-electron chi connectivity index (χ1n) is 5.82. The fraction of sp³-hybridized carbons (Fsp3) is 0.417. The molecule has 0 atom stereocenters. The van der Waals surface area contributed by atoms with E-state index in [0.717, 1.165) is 22.3 Å². The zero-order valence-corrected chi connectivity index (χ0v) is 11.4. The first kappa shape index (κ1) is 12.6. The fourth-order valence-electron chi connectivity index (χ4n) is 1.60. The maximum absolute atomic E-state index is 5.99. The Labute approximate surface area is 110 Å². The molecule has 2 N–H and O–H groups in total. The van der Waals surface area contributed by atoms with Crippen LogP contribution in [0.5, 0.6) is 0 Å². The van der Waals surface area contributed by atoms with Crippen molar-refractivity contribution in [3.63, 3.8) is 0 Å². The first-order valence-corrected chi connectivity index (χ1v) is 7.19. The molecule has 1 aromatic heterocycles. The minimum atomic E-state index is 0.597. The summed E-state index contributed by atoms with van der Waals surface area (Å²) in [5.41, 5.74) is 1.97. The maximum atomic E-state index is 5.99. The van der Waals surface area contributed by atoms with Crippen molar-refractivity contribution in [2.45, 2.75) is 26.2 Å². The largest absolute Gasteiger partial charge is 0.330 e. The van der Waals surface area contributed by atoms with E-state index in [1.807, 2.05) is 18.2 Å². The molecule has 5 heteroatoms. The van der Waals surface area contributed by atoms with Gasteiger partial charge in [0.25, 0.3) is 0 Å². The summed E-state index contributed by atoms with van der Waals surface area (Å²) < 4.78 is 3.33. The number of unbranched alkanes of at least 4 members (excludes halogenated alkanes) is 2. The second kappa shape index (κ2) is 6.17. The second-order valence-electron chi connectivity index (χ2n) is 3.93. The SMILES string of the molecule is CCCCCSNc1ccc2n[nH]c(Cl)c2c1. The van der Waals surface area contributed by atoms with E-state index in [2.05, 4.69) is 21.8 Å². The van der Waals surface area contributed by atoms with Crippen LogP contribution in [0.2, 0.25) is 5.15 Å². The van der Waals surface area contributed by atoms with Gasteiger partial charge in [-0.05, 0) is 24.6 Å². The molecule has 0 radical (unpaired) electrons. The fourth-order valence-corrected chi connectivity index (χ4v) is 2.54. The maximum Gasteiger partial charge on any atom is 0.132 e. The number of halogens is 1. The quantitative estimate of drug-likeness (QED) is 0.601. The van der Waals surface area contributed by atoms with Crippen LogP contribution in [-0.4, -0.2) is 16.0 Å². The molecule has 3 nitrogen and oxygen atoms in total.